The molecule has 1 unspecified atom stereocenters. The number of aliphatic hydroxyl groups excluding tert-OH is 3. The zero-order valence-electron chi connectivity index (χ0n) is 30.7. The standard InChI is InChI=1S/C23H29ClFN2O9P.C11H13ClFNO5/c1-14(2)34-19(30)15(3)26-37(32,36-17-8-6-5-7-9-17)33-13-23(25)20(31)22(4,24)21(35-23)27-11-10-16(28)12-18(27)29;1-10(12)8(18)11(13,5-15)19-9(10)14-3-2-6(16)4-7(14)17/h5-11,14-15,20-21,31H,12-13H2,1-4H3,(H,26,32);2-3,8-9,15,18H,4-5H2,1H3/t15-,20-,21+,22+,23+,37?;8-,9+,10+,11+/m00/s1. The Bertz CT molecular complexity index is 1790. The second-order valence-corrected chi connectivity index (χ2v) is 17.1. The van der Waals surface area contributed by atoms with E-state index in [1.165, 1.54) is 32.9 Å². The lowest BCUT2D eigenvalue weighted by Crippen LogP contribution is -2.51. The summed E-state index contributed by atoms with van der Waals surface area (Å²) in [7, 11) is -4.49. The van der Waals surface area contributed by atoms with Gasteiger partial charge in [0.15, 0.2) is 24.0 Å². The lowest BCUT2D eigenvalue weighted by atomic mass is 9.98. The molecule has 1 aromatic rings. The number of carbonyl (C=O) groups is 5. The quantitative estimate of drug-likeness (QED) is 0.103. The van der Waals surface area contributed by atoms with E-state index in [0.29, 0.717) is 0 Å². The van der Waals surface area contributed by atoms with E-state index in [1.54, 1.807) is 32.0 Å². The van der Waals surface area contributed by atoms with Crippen molar-refractivity contribution in [1.29, 1.82) is 0 Å². The highest BCUT2D eigenvalue weighted by molar-refractivity contribution is 7.52. The molecule has 4 aliphatic rings. The van der Waals surface area contributed by atoms with E-state index in [2.05, 4.69) is 5.09 Å². The number of nitrogens with one attached hydrogen (secondary N) is 1. The molecule has 22 heteroatoms. The second kappa shape index (κ2) is 17.2. The van der Waals surface area contributed by atoms with Crippen LogP contribution in [0.15, 0.2) is 54.9 Å². The number of ether oxygens (including phenoxy) is 3. The van der Waals surface area contributed by atoms with Crippen molar-refractivity contribution in [3.8, 4) is 5.75 Å². The van der Waals surface area contributed by atoms with Gasteiger partial charge >= 0.3 is 13.7 Å². The molecule has 2 saturated heterocycles. The number of amides is 2. The van der Waals surface area contributed by atoms with Gasteiger partial charge in [-0.25, -0.2) is 13.3 Å². The summed E-state index contributed by atoms with van der Waals surface area (Å²) in [6.45, 7) is 4.87. The lowest BCUT2D eigenvalue weighted by molar-refractivity contribution is -0.212. The maximum absolute atomic E-state index is 15.9. The van der Waals surface area contributed by atoms with Gasteiger partial charge in [0.2, 0.25) is 11.8 Å². The van der Waals surface area contributed by atoms with Gasteiger partial charge < -0.3 is 34.1 Å². The summed E-state index contributed by atoms with van der Waals surface area (Å²) < 4.78 is 69.8. The molecule has 4 heterocycles. The predicted octanol–water partition coefficient (Wildman–Crippen LogP) is 2.49. The minimum Gasteiger partial charge on any atom is -0.462 e. The van der Waals surface area contributed by atoms with Crippen LogP contribution >= 0.6 is 30.9 Å². The van der Waals surface area contributed by atoms with Gasteiger partial charge in [-0.15, -0.1) is 23.2 Å². The van der Waals surface area contributed by atoms with Gasteiger partial charge in [0.1, 0.15) is 47.0 Å². The highest BCUT2D eigenvalue weighted by atomic mass is 35.5. The van der Waals surface area contributed by atoms with Crippen LogP contribution in [-0.4, -0.2) is 126 Å². The number of rotatable bonds is 12. The number of hydrogen-bond acceptors (Lipinski definition) is 14. The molecule has 10 atom stereocenters. The van der Waals surface area contributed by atoms with E-state index in [0.717, 1.165) is 34.4 Å². The van der Waals surface area contributed by atoms with E-state index in [-0.39, 0.29) is 18.0 Å². The average molecular weight is 857 g/mol. The average Bonchev–Trinajstić information content (AvgIpc) is 3.41. The molecule has 0 bridgehead atoms. The van der Waals surface area contributed by atoms with E-state index in [4.69, 9.17) is 51.6 Å². The number of aliphatic hydroxyl groups is 3. The molecule has 1 aromatic carbocycles. The summed E-state index contributed by atoms with van der Waals surface area (Å²) in [5.74, 6) is -8.66. The Morgan fingerprint density at radius 1 is 0.911 bits per heavy atom. The second-order valence-electron chi connectivity index (χ2n) is 13.8. The number of allylic oxidation sites excluding steroid dienone is 2. The summed E-state index contributed by atoms with van der Waals surface area (Å²) in [5, 5.41) is 31.9. The first-order valence-electron chi connectivity index (χ1n) is 17.0. The first kappa shape index (κ1) is 45.3. The van der Waals surface area contributed by atoms with Crippen LogP contribution in [0.25, 0.3) is 0 Å². The molecule has 0 aliphatic carbocycles. The van der Waals surface area contributed by atoms with Gasteiger partial charge in [-0.1, -0.05) is 18.2 Å². The third-order valence-corrected chi connectivity index (χ3v) is 11.1. The highest BCUT2D eigenvalue weighted by Crippen LogP contribution is 2.51. The summed E-state index contributed by atoms with van der Waals surface area (Å²) in [6.07, 6.45) is -3.60. The van der Waals surface area contributed by atoms with Gasteiger partial charge in [-0.2, -0.15) is 5.09 Å². The van der Waals surface area contributed by atoms with Crippen molar-refractivity contribution < 1.29 is 75.9 Å². The number of ketones is 2. The molecule has 17 nitrogen and oxygen atoms in total. The third-order valence-electron chi connectivity index (χ3n) is 8.71. The number of nitrogens with zero attached hydrogens (tertiary/aromatic N) is 2. The smallest absolute Gasteiger partial charge is 0.459 e. The molecular weight excluding hydrogens is 814 g/mol. The zero-order chi connectivity index (χ0) is 42.0. The lowest BCUT2D eigenvalue weighted by Gasteiger charge is -2.33. The molecular formula is C34H42Cl2F2N3O14P. The van der Waals surface area contributed by atoms with Crippen LogP contribution in [0.5, 0.6) is 5.75 Å². The normalized spacial score (nSPS) is 34.7. The van der Waals surface area contributed by atoms with Gasteiger partial charge in [0.05, 0.1) is 18.9 Å². The minimum atomic E-state index is -4.49. The van der Waals surface area contributed by atoms with Crippen molar-refractivity contribution >= 4 is 60.3 Å². The number of benzene rings is 1. The van der Waals surface area contributed by atoms with Gasteiger partial charge in [-0.05, 0) is 58.9 Å². The number of para-hydroxylation sites is 1. The fraction of sp³-hybridized carbons (Fsp3) is 0.559. The highest BCUT2D eigenvalue weighted by Gasteiger charge is 2.66. The molecule has 2 fully saturated rings. The van der Waals surface area contributed by atoms with Crippen molar-refractivity contribution in [3.05, 3.63) is 54.9 Å². The van der Waals surface area contributed by atoms with E-state index in [1.807, 2.05) is 0 Å². The van der Waals surface area contributed by atoms with Gasteiger partial charge in [0.25, 0.3) is 11.7 Å². The van der Waals surface area contributed by atoms with Crippen molar-refractivity contribution in [2.75, 3.05) is 13.2 Å². The van der Waals surface area contributed by atoms with E-state index >= 15 is 4.39 Å². The van der Waals surface area contributed by atoms with Crippen LogP contribution in [0.3, 0.4) is 0 Å². The van der Waals surface area contributed by atoms with Crippen LogP contribution in [0.2, 0.25) is 0 Å². The van der Waals surface area contributed by atoms with Crippen LogP contribution in [0.1, 0.15) is 47.5 Å². The molecule has 0 spiro atoms. The Kier molecular flexibility index (Phi) is 14.0. The maximum Gasteiger partial charge on any atom is 0.459 e. The molecule has 2 amide bonds. The van der Waals surface area contributed by atoms with Crippen molar-refractivity contribution in [3.63, 3.8) is 0 Å². The number of halogens is 4. The molecule has 4 N–H and O–H groups in total. The van der Waals surface area contributed by atoms with Crippen LogP contribution < -0.4 is 9.61 Å². The van der Waals surface area contributed by atoms with Gasteiger partial charge in [0, 0.05) is 12.4 Å². The Balaban J connectivity index is 0.000000306. The summed E-state index contributed by atoms with van der Waals surface area (Å²) >= 11 is 12.4. The van der Waals surface area contributed by atoms with Crippen molar-refractivity contribution in [1.82, 2.24) is 14.9 Å². The maximum atomic E-state index is 15.9. The van der Waals surface area contributed by atoms with E-state index in [9.17, 15) is 43.1 Å². The third kappa shape index (κ3) is 9.83. The number of alkyl halides is 4. The largest absolute Gasteiger partial charge is 0.462 e. The summed E-state index contributed by atoms with van der Waals surface area (Å²) in [6, 6.07) is 6.59. The first-order valence-corrected chi connectivity index (χ1v) is 19.3. The summed E-state index contributed by atoms with van der Waals surface area (Å²) in [5.41, 5.74) is 0. The Labute approximate surface area is 330 Å². The van der Waals surface area contributed by atoms with Crippen LogP contribution in [0.4, 0.5) is 8.78 Å². The SMILES string of the molecule is CC(C)OC(=O)[C@H](C)NP(=O)(OC[C@@]1(F)O[C@@H](N2C=CC(=O)CC2=O)[C@](C)(Cl)[C@@H]1O)Oc1ccccc1.C[C@]1(Cl)[C@H](N2C=CC(=O)CC2=O)O[C@](F)(CO)[C@H]1O. The molecule has 0 radical (unpaired) electrons. The van der Waals surface area contributed by atoms with Crippen LogP contribution in [-0.2, 0) is 47.3 Å². The number of esters is 1. The summed E-state index contributed by atoms with van der Waals surface area (Å²) in [4.78, 5) is 57.2. The first-order chi connectivity index (χ1) is 25.9. The van der Waals surface area contributed by atoms with E-state index < -0.39 is 109 Å². The number of hydrogen-bond donors (Lipinski definition) is 4. The number of carbonyl (C=O) groups excluding carboxylic acids is 5. The Hall–Kier alpha value is -3.36. The molecule has 0 saturated carbocycles. The Morgan fingerprint density at radius 2 is 1.38 bits per heavy atom. The molecule has 0 aromatic heterocycles. The van der Waals surface area contributed by atoms with Crippen molar-refractivity contribution in [2.45, 2.75) is 106 Å². The molecule has 5 rings (SSSR count). The molecule has 310 valence electrons. The molecule has 56 heavy (non-hydrogen) atoms. The Morgan fingerprint density at radius 3 is 1.80 bits per heavy atom. The topological polar surface area (TPSA) is 228 Å². The van der Waals surface area contributed by atoms with Crippen molar-refractivity contribution in [2.24, 2.45) is 0 Å². The monoisotopic (exact) mass is 855 g/mol. The van der Waals surface area contributed by atoms with Crippen LogP contribution in [0, 0.1) is 0 Å². The zero-order valence-corrected chi connectivity index (χ0v) is 33.1. The fourth-order valence-corrected chi connectivity index (χ4v) is 7.88. The predicted molar refractivity (Wildman–Crippen MR) is 191 cm³/mol. The fourth-order valence-electron chi connectivity index (χ4n) is 5.75. The van der Waals surface area contributed by atoms with Gasteiger partial charge in [-0.3, -0.25) is 38.3 Å². The minimum absolute atomic E-state index is 0.0809. The molecule has 4 aliphatic heterocycles.